The zero-order valence-corrected chi connectivity index (χ0v) is 10.7. The molecule has 0 saturated carbocycles. The number of allylic oxidation sites excluding steroid dienone is 1. The number of hydrogen-bond acceptors (Lipinski definition) is 4. The summed E-state index contributed by atoms with van der Waals surface area (Å²) in [5, 5.41) is 11.6. The lowest BCUT2D eigenvalue weighted by Crippen LogP contribution is -2.09. The van der Waals surface area contributed by atoms with Crippen LogP contribution in [0.2, 0.25) is 0 Å². The molecule has 6 nitrogen and oxygen atoms in total. The first kappa shape index (κ1) is 14.6. The largest absolute Gasteiger partial charge is 0.478 e. The van der Waals surface area contributed by atoms with E-state index in [1.165, 1.54) is 25.1 Å². The van der Waals surface area contributed by atoms with E-state index in [0.717, 1.165) is 0 Å². The molecule has 0 radical (unpaired) electrons. The minimum atomic E-state index is -1.13. The van der Waals surface area contributed by atoms with Gasteiger partial charge < -0.3 is 19.9 Å². The van der Waals surface area contributed by atoms with Crippen LogP contribution in [0.25, 0.3) is 0 Å². The van der Waals surface area contributed by atoms with Gasteiger partial charge in [0, 0.05) is 18.7 Å². The van der Waals surface area contributed by atoms with Gasteiger partial charge >= 0.3 is 5.97 Å². The third kappa shape index (κ3) is 4.71. The minimum absolute atomic E-state index is 0.0144. The molecule has 0 unspecified atom stereocenters. The van der Waals surface area contributed by atoms with Gasteiger partial charge in [0.05, 0.1) is 5.76 Å². The zero-order valence-electron chi connectivity index (χ0n) is 10.7. The van der Waals surface area contributed by atoms with E-state index in [2.05, 4.69) is 11.9 Å². The molecule has 0 heterocycles. The Morgan fingerprint density at radius 1 is 1.37 bits per heavy atom. The molecular weight excluding hydrogens is 250 g/mol. The maximum absolute atomic E-state index is 11.0. The first-order valence-corrected chi connectivity index (χ1v) is 5.46. The highest BCUT2D eigenvalue weighted by atomic mass is 16.7. The summed E-state index contributed by atoms with van der Waals surface area (Å²) in [6, 6.07) is 4.26. The average molecular weight is 265 g/mol. The fourth-order valence-electron chi connectivity index (χ4n) is 1.29. The maximum Gasteiger partial charge on any atom is 0.339 e. The fraction of sp³-hybridized carbons (Fsp3) is 0.231. The summed E-state index contributed by atoms with van der Waals surface area (Å²) in [7, 11) is 0. The molecule has 0 fully saturated rings. The van der Waals surface area contributed by atoms with Crippen molar-refractivity contribution < 1.29 is 24.2 Å². The second-order valence-electron chi connectivity index (χ2n) is 3.81. The Morgan fingerprint density at radius 3 is 2.58 bits per heavy atom. The molecule has 0 atom stereocenters. The Morgan fingerprint density at radius 2 is 2.05 bits per heavy atom. The minimum Gasteiger partial charge on any atom is -0.478 e. The van der Waals surface area contributed by atoms with E-state index in [0.29, 0.717) is 11.4 Å². The Balaban J connectivity index is 2.91. The number of carbonyl (C=O) groups excluding carboxylic acids is 1. The van der Waals surface area contributed by atoms with Gasteiger partial charge in [-0.3, -0.25) is 4.79 Å². The number of ether oxygens (including phenoxy) is 2. The lowest BCUT2D eigenvalue weighted by atomic mass is 10.2. The molecule has 102 valence electrons. The second kappa shape index (κ2) is 6.44. The second-order valence-corrected chi connectivity index (χ2v) is 3.81. The summed E-state index contributed by atoms with van der Waals surface area (Å²) >= 11 is 0. The number of benzene rings is 1. The molecule has 0 saturated heterocycles. The average Bonchev–Trinajstić information content (AvgIpc) is 2.27. The van der Waals surface area contributed by atoms with Crippen LogP contribution in [-0.4, -0.2) is 23.8 Å². The van der Waals surface area contributed by atoms with E-state index >= 15 is 0 Å². The van der Waals surface area contributed by atoms with Crippen LogP contribution < -0.4 is 10.1 Å². The van der Waals surface area contributed by atoms with E-state index < -0.39 is 5.97 Å². The number of aromatic carboxylic acids is 1. The topological polar surface area (TPSA) is 84.9 Å². The van der Waals surface area contributed by atoms with E-state index in [9.17, 15) is 9.59 Å². The van der Waals surface area contributed by atoms with Gasteiger partial charge in [0.1, 0.15) is 11.3 Å². The van der Waals surface area contributed by atoms with Crippen LogP contribution in [0.5, 0.6) is 5.75 Å². The van der Waals surface area contributed by atoms with Crippen LogP contribution in [0.15, 0.2) is 30.5 Å². The van der Waals surface area contributed by atoms with Crippen LogP contribution in [0.1, 0.15) is 24.2 Å². The predicted octanol–water partition coefficient (Wildman–Crippen LogP) is 2.23. The normalized spacial score (nSPS) is 9.58. The number of nitrogens with one attached hydrogen (secondary N) is 1. The number of carboxylic acid groups (broad SMARTS) is 1. The molecule has 1 amide bonds. The van der Waals surface area contributed by atoms with Crippen molar-refractivity contribution in [3.05, 3.63) is 36.1 Å². The molecule has 1 rings (SSSR count). The smallest absolute Gasteiger partial charge is 0.339 e. The highest BCUT2D eigenvalue weighted by molar-refractivity contribution is 5.93. The van der Waals surface area contributed by atoms with Crippen LogP contribution in [0.4, 0.5) is 5.69 Å². The summed E-state index contributed by atoms with van der Waals surface area (Å²) in [6.07, 6.45) is 0. The molecule has 0 aliphatic carbocycles. The summed E-state index contributed by atoms with van der Waals surface area (Å²) in [6.45, 7) is 6.38. The Kier molecular flexibility index (Phi) is 4.93. The monoisotopic (exact) mass is 265 g/mol. The van der Waals surface area contributed by atoms with Gasteiger partial charge in [-0.15, -0.1) is 0 Å². The molecule has 1 aromatic rings. The van der Waals surface area contributed by atoms with Crippen molar-refractivity contribution >= 4 is 17.6 Å². The third-order valence-electron chi connectivity index (χ3n) is 2.05. The Hall–Kier alpha value is -2.50. The fourth-order valence-corrected chi connectivity index (χ4v) is 1.29. The van der Waals surface area contributed by atoms with Gasteiger partial charge in [-0.05, 0) is 19.1 Å². The van der Waals surface area contributed by atoms with Gasteiger partial charge in [-0.1, -0.05) is 6.58 Å². The third-order valence-corrected chi connectivity index (χ3v) is 2.05. The van der Waals surface area contributed by atoms with Gasteiger partial charge in [-0.2, -0.15) is 0 Å². The molecule has 0 aromatic heterocycles. The molecule has 1 aromatic carbocycles. The van der Waals surface area contributed by atoms with Crippen molar-refractivity contribution in [2.45, 2.75) is 13.8 Å². The van der Waals surface area contributed by atoms with Crippen molar-refractivity contribution in [2.75, 3.05) is 12.1 Å². The van der Waals surface area contributed by atoms with Crippen molar-refractivity contribution in [2.24, 2.45) is 0 Å². The van der Waals surface area contributed by atoms with Crippen LogP contribution >= 0.6 is 0 Å². The van der Waals surface area contributed by atoms with E-state index in [1.54, 1.807) is 6.92 Å². The standard InChI is InChI=1S/C13H15NO5/c1-8(2)18-7-19-12-6-10(14-9(3)15)4-5-11(12)13(16)17/h4-6H,1,7H2,2-3H3,(H,14,15)(H,16,17). The van der Waals surface area contributed by atoms with Gasteiger partial charge in [-0.25, -0.2) is 4.79 Å². The summed E-state index contributed by atoms with van der Waals surface area (Å²) in [4.78, 5) is 22.0. The summed E-state index contributed by atoms with van der Waals surface area (Å²) < 4.78 is 10.2. The predicted molar refractivity (Wildman–Crippen MR) is 69.1 cm³/mol. The van der Waals surface area contributed by atoms with Crippen LogP contribution in [0.3, 0.4) is 0 Å². The molecule has 2 N–H and O–H groups in total. The van der Waals surface area contributed by atoms with E-state index in [-0.39, 0.29) is 24.0 Å². The molecule has 19 heavy (non-hydrogen) atoms. The highest BCUT2D eigenvalue weighted by Crippen LogP contribution is 2.23. The zero-order chi connectivity index (χ0) is 14.4. The van der Waals surface area contributed by atoms with Crippen molar-refractivity contribution in [1.82, 2.24) is 0 Å². The van der Waals surface area contributed by atoms with Crippen LogP contribution in [0, 0.1) is 0 Å². The van der Waals surface area contributed by atoms with Gasteiger partial charge in [0.2, 0.25) is 12.7 Å². The lowest BCUT2D eigenvalue weighted by molar-refractivity contribution is -0.114. The van der Waals surface area contributed by atoms with E-state index in [1.807, 2.05) is 0 Å². The van der Waals surface area contributed by atoms with Gasteiger partial charge in [0.15, 0.2) is 0 Å². The molecule has 0 aliphatic heterocycles. The number of rotatable bonds is 6. The molecule has 6 heteroatoms. The quantitative estimate of drug-likeness (QED) is 0.608. The van der Waals surface area contributed by atoms with E-state index in [4.69, 9.17) is 14.6 Å². The molecule has 0 aliphatic rings. The Labute approximate surface area is 110 Å². The highest BCUT2D eigenvalue weighted by Gasteiger charge is 2.12. The number of amides is 1. The van der Waals surface area contributed by atoms with Crippen molar-refractivity contribution in [1.29, 1.82) is 0 Å². The van der Waals surface area contributed by atoms with Crippen molar-refractivity contribution in [3.8, 4) is 5.75 Å². The number of hydrogen-bond donors (Lipinski definition) is 2. The Bertz CT molecular complexity index is 510. The summed E-state index contributed by atoms with van der Waals surface area (Å²) in [5.41, 5.74) is 0.433. The van der Waals surface area contributed by atoms with Crippen molar-refractivity contribution in [3.63, 3.8) is 0 Å². The molecular formula is C13H15NO5. The molecule has 0 spiro atoms. The first-order chi connectivity index (χ1) is 8.90. The summed E-state index contributed by atoms with van der Waals surface area (Å²) in [5.74, 6) is -0.818. The number of carboxylic acids is 1. The first-order valence-electron chi connectivity index (χ1n) is 5.46. The van der Waals surface area contributed by atoms with Gasteiger partial charge in [0.25, 0.3) is 0 Å². The lowest BCUT2D eigenvalue weighted by Gasteiger charge is -2.12. The molecule has 0 bridgehead atoms. The SMILES string of the molecule is C=C(C)OCOc1cc(NC(C)=O)ccc1C(=O)O. The number of carbonyl (C=O) groups is 2. The van der Waals surface area contributed by atoms with Crippen LogP contribution in [-0.2, 0) is 9.53 Å². The maximum atomic E-state index is 11.0. The number of anilines is 1.